The van der Waals surface area contributed by atoms with Gasteiger partial charge in [0.1, 0.15) is 6.26 Å². The van der Waals surface area contributed by atoms with Crippen molar-refractivity contribution in [2.45, 2.75) is 18.9 Å². The van der Waals surface area contributed by atoms with Crippen LogP contribution in [0.5, 0.6) is 0 Å². The molecule has 3 amide bonds. The van der Waals surface area contributed by atoms with Gasteiger partial charge in [-0.3, -0.25) is 4.79 Å². The molecular formula is C17H19N3O4. The van der Waals surface area contributed by atoms with Crippen LogP contribution in [0.1, 0.15) is 23.2 Å². The second-order valence-electron chi connectivity index (χ2n) is 5.52. The van der Waals surface area contributed by atoms with Gasteiger partial charge in [0.05, 0.1) is 17.9 Å². The predicted molar refractivity (Wildman–Crippen MR) is 89.1 cm³/mol. The van der Waals surface area contributed by atoms with Gasteiger partial charge in [0.2, 0.25) is 0 Å². The molecule has 0 saturated carbocycles. The minimum atomic E-state index is -0.302. The molecule has 0 radical (unpaired) electrons. The van der Waals surface area contributed by atoms with Gasteiger partial charge in [-0.2, -0.15) is 0 Å². The van der Waals surface area contributed by atoms with Crippen LogP contribution in [-0.2, 0) is 4.74 Å². The number of carbonyl (C=O) groups is 2. The Morgan fingerprint density at radius 1 is 1.17 bits per heavy atom. The second kappa shape index (κ2) is 7.65. The molecule has 126 valence electrons. The van der Waals surface area contributed by atoms with E-state index in [0.29, 0.717) is 23.5 Å². The number of ether oxygens (including phenoxy) is 1. The highest BCUT2D eigenvalue weighted by Gasteiger charge is 2.16. The summed E-state index contributed by atoms with van der Waals surface area (Å²) in [6, 6.07) is 8.20. The molecule has 1 aromatic carbocycles. The minimum absolute atomic E-state index is 0.0938. The maximum Gasteiger partial charge on any atom is 0.319 e. The lowest BCUT2D eigenvalue weighted by Crippen LogP contribution is -2.35. The molecule has 1 saturated heterocycles. The molecule has 7 nitrogen and oxygen atoms in total. The summed E-state index contributed by atoms with van der Waals surface area (Å²) in [7, 11) is 0. The van der Waals surface area contributed by atoms with Crippen molar-refractivity contribution >= 4 is 23.3 Å². The zero-order valence-corrected chi connectivity index (χ0v) is 13.1. The van der Waals surface area contributed by atoms with Crippen molar-refractivity contribution in [1.82, 2.24) is 5.32 Å². The highest BCUT2D eigenvalue weighted by molar-refractivity contribution is 6.04. The number of nitrogens with one attached hydrogen (secondary N) is 3. The maximum atomic E-state index is 12.0. The van der Waals surface area contributed by atoms with E-state index in [-0.39, 0.29) is 18.0 Å². The van der Waals surface area contributed by atoms with Gasteiger partial charge in [-0.25, -0.2) is 4.79 Å². The fourth-order valence-corrected chi connectivity index (χ4v) is 2.46. The quantitative estimate of drug-likeness (QED) is 0.786. The third-order valence-corrected chi connectivity index (χ3v) is 3.68. The van der Waals surface area contributed by atoms with Gasteiger partial charge in [-0.05, 0) is 37.1 Å². The van der Waals surface area contributed by atoms with Gasteiger partial charge in [0.15, 0.2) is 0 Å². The molecule has 0 bridgehead atoms. The van der Waals surface area contributed by atoms with Crippen LogP contribution in [0.25, 0.3) is 0 Å². The molecule has 2 heterocycles. The van der Waals surface area contributed by atoms with Crippen LogP contribution >= 0.6 is 0 Å². The van der Waals surface area contributed by atoms with E-state index in [1.165, 1.54) is 12.5 Å². The van der Waals surface area contributed by atoms with Gasteiger partial charge in [0.25, 0.3) is 5.91 Å². The molecule has 1 atom stereocenters. The highest BCUT2D eigenvalue weighted by atomic mass is 16.5. The average Bonchev–Trinajstić information content (AvgIpc) is 3.27. The van der Waals surface area contributed by atoms with Gasteiger partial charge in [-0.15, -0.1) is 0 Å². The molecule has 7 heteroatoms. The van der Waals surface area contributed by atoms with Crippen molar-refractivity contribution in [1.29, 1.82) is 0 Å². The summed E-state index contributed by atoms with van der Waals surface area (Å²) in [5.41, 5.74) is 1.60. The second-order valence-corrected chi connectivity index (χ2v) is 5.52. The van der Waals surface area contributed by atoms with Crippen LogP contribution in [0.2, 0.25) is 0 Å². The molecule has 1 aliphatic heterocycles. The zero-order chi connectivity index (χ0) is 16.8. The first-order chi connectivity index (χ1) is 11.7. The Morgan fingerprint density at radius 2 is 2.00 bits per heavy atom. The van der Waals surface area contributed by atoms with E-state index in [1.807, 2.05) is 0 Å². The maximum absolute atomic E-state index is 12.0. The van der Waals surface area contributed by atoms with Crippen LogP contribution in [0.15, 0.2) is 47.3 Å². The highest BCUT2D eigenvalue weighted by Crippen LogP contribution is 2.16. The summed E-state index contributed by atoms with van der Waals surface area (Å²) >= 11 is 0. The number of anilines is 2. The Balaban J connectivity index is 1.52. The van der Waals surface area contributed by atoms with E-state index in [0.717, 1.165) is 19.4 Å². The molecule has 3 N–H and O–H groups in total. The number of amides is 3. The summed E-state index contributed by atoms with van der Waals surface area (Å²) in [5, 5.41) is 8.26. The first-order valence-electron chi connectivity index (χ1n) is 7.81. The standard InChI is InChI=1S/C17H19N3O4/c21-16(12-6-8-23-11-12)19-13-3-1-4-14(9-13)20-17(22)18-10-15-5-2-7-24-15/h1,3-4,6,8-9,11,15H,2,5,7,10H2,(H,19,21)(H2,18,20,22)/t15-/m1/s1. The number of rotatable bonds is 5. The number of hydrogen-bond donors (Lipinski definition) is 3. The Morgan fingerprint density at radius 3 is 2.71 bits per heavy atom. The van der Waals surface area contributed by atoms with Crippen molar-refractivity contribution in [3.05, 3.63) is 48.4 Å². The number of benzene rings is 1. The van der Waals surface area contributed by atoms with E-state index in [4.69, 9.17) is 9.15 Å². The topological polar surface area (TPSA) is 92.6 Å². The van der Waals surface area contributed by atoms with Crippen LogP contribution in [0.4, 0.5) is 16.2 Å². The largest absolute Gasteiger partial charge is 0.472 e. The normalized spacial score (nSPS) is 16.6. The molecule has 24 heavy (non-hydrogen) atoms. The van der Waals surface area contributed by atoms with E-state index >= 15 is 0 Å². The molecule has 3 rings (SSSR count). The molecular weight excluding hydrogens is 310 g/mol. The van der Waals surface area contributed by atoms with E-state index < -0.39 is 0 Å². The van der Waals surface area contributed by atoms with E-state index in [2.05, 4.69) is 16.0 Å². The summed E-state index contributed by atoms with van der Waals surface area (Å²) in [5.74, 6) is -0.274. The van der Waals surface area contributed by atoms with Crippen molar-refractivity contribution in [2.24, 2.45) is 0 Å². The average molecular weight is 329 g/mol. The third-order valence-electron chi connectivity index (χ3n) is 3.68. The Labute approximate surface area is 139 Å². The zero-order valence-electron chi connectivity index (χ0n) is 13.1. The molecule has 1 fully saturated rings. The summed E-state index contributed by atoms with van der Waals surface area (Å²) in [6.07, 6.45) is 4.90. The summed E-state index contributed by atoms with van der Waals surface area (Å²) in [6.45, 7) is 1.25. The fourth-order valence-electron chi connectivity index (χ4n) is 2.46. The van der Waals surface area contributed by atoms with Crippen molar-refractivity contribution in [2.75, 3.05) is 23.8 Å². The molecule has 1 aromatic heterocycles. The summed E-state index contributed by atoms with van der Waals surface area (Å²) in [4.78, 5) is 23.9. The van der Waals surface area contributed by atoms with Gasteiger partial charge < -0.3 is 25.1 Å². The van der Waals surface area contributed by atoms with Crippen molar-refractivity contribution in [3.8, 4) is 0 Å². The number of carbonyl (C=O) groups excluding carboxylic acids is 2. The van der Waals surface area contributed by atoms with Crippen LogP contribution in [0, 0.1) is 0 Å². The van der Waals surface area contributed by atoms with Crippen molar-refractivity contribution in [3.63, 3.8) is 0 Å². The SMILES string of the molecule is O=C(NC[C@H]1CCCO1)Nc1cccc(NC(=O)c2ccoc2)c1. The number of furan rings is 1. The molecule has 0 aliphatic carbocycles. The third kappa shape index (κ3) is 4.36. The first-order valence-corrected chi connectivity index (χ1v) is 7.81. The lowest BCUT2D eigenvalue weighted by molar-refractivity contribution is 0.102. The monoisotopic (exact) mass is 329 g/mol. The molecule has 2 aromatic rings. The summed E-state index contributed by atoms with van der Waals surface area (Å²) < 4.78 is 10.3. The van der Waals surface area contributed by atoms with Crippen molar-refractivity contribution < 1.29 is 18.7 Å². The fraction of sp³-hybridized carbons (Fsp3) is 0.294. The lowest BCUT2D eigenvalue weighted by atomic mass is 10.2. The Kier molecular flexibility index (Phi) is 5.12. The predicted octanol–water partition coefficient (Wildman–Crippen LogP) is 2.83. The smallest absolute Gasteiger partial charge is 0.319 e. The number of urea groups is 1. The van der Waals surface area contributed by atoms with E-state index in [1.54, 1.807) is 30.3 Å². The Hall–Kier alpha value is -2.80. The molecule has 0 spiro atoms. The lowest BCUT2D eigenvalue weighted by Gasteiger charge is -2.12. The van der Waals surface area contributed by atoms with Crippen LogP contribution in [-0.4, -0.2) is 31.2 Å². The van der Waals surface area contributed by atoms with Gasteiger partial charge in [0, 0.05) is 24.5 Å². The molecule has 0 unspecified atom stereocenters. The van der Waals surface area contributed by atoms with Gasteiger partial charge in [-0.1, -0.05) is 6.07 Å². The Bertz CT molecular complexity index is 694. The molecule has 1 aliphatic rings. The van der Waals surface area contributed by atoms with E-state index in [9.17, 15) is 9.59 Å². The van der Waals surface area contributed by atoms with Crippen LogP contribution in [0.3, 0.4) is 0 Å². The van der Waals surface area contributed by atoms with Gasteiger partial charge >= 0.3 is 6.03 Å². The van der Waals surface area contributed by atoms with Crippen LogP contribution < -0.4 is 16.0 Å². The first kappa shape index (κ1) is 16.1. The number of hydrogen-bond acceptors (Lipinski definition) is 4. The minimum Gasteiger partial charge on any atom is -0.472 e.